The Morgan fingerprint density at radius 1 is 0.517 bits per heavy atom. The second kappa shape index (κ2) is 45.9. The van der Waals surface area contributed by atoms with Crippen LogP contribution in [-0.4, -0.2) is 46.9 Å². The average Bonchev–Trinajstić information content (AvgIpc) is 3.22. The van der Waals surface area contributed by atoms with E-state index in [0.29, 0.717) is 19.3 Å². The van der Waals surface area contributed by atoms with Crippen molar-refractivity contribution in [2.24, 2.45) is 0 Å². The molecule has 0 aromatic carbocycles. The van der Waals surface area contributed by atoms with Crippen molar-refractivity contribution in [1.29, 1.82) is 0 Å². The van der Waals surface area contributed by atoms with Crippen molar-refractivity contribution in [2.75, 3.05) is 6.61 Å². The molecule has 3 N–H and O–H groups in total. The summed E-state index contributed by atoms with van der Waals surface area (Å²) in [5.41, 5.74) is 0. The molecule has 0 saturated carbocycles. The minimum absolute atomic E-state index is 0.0531. The number of ether oxygens (including phenoxy) is 1. The van der Waals surface area contributed by atoms with E-state index in [0.717, 1.165) is 70.6 Å². The maximum Gasteiger partial charge on any atom is 0.306 e. The smallest absolute Gasteiger partial charge is 0.306 e. The zero-order chi connectivity index (χ0) is 42.4. The van der Waals surface area contributed by atoms with Crippen molar-refractivity contribution >= 4 is 11.9 Å². The molecular weight excluding hydrogens is 719 g/mol. The Hall–Kier alpha value is -2.18. The first-order valence-corrected chi connectivity index (χ1v) is 24.9. The van der Waals surface area contributed by atoms with E-state index in [1.165, 1.54) is 128 Å². The lowest BCUT2D eigenvalue weighted by Crippen LogP contribution is -2.46. The third kappa shape index (κ3) is 40.6. The summed E-state index contributed by atoms with van der Waals surface area (Å²) in [7, 11) is 0. The quantitative estimate of drug-likeness (QED) is 0.0323. The Morgan fingerprint density at radius 2 is 0.931 bits per heavy atom. The van der Waals surface area contributed by atoms with Crippen LogP contribution in [0, 0.1) is 0 Å². The minimum atomic E-state index is -0.797. The van der Waals surface area contributed by atoms with Gasteiger partial charge in [0.25, 0.3) is 0 Å². The maximum absolute atomic E-state index is 13.2. The summed E-state index contributed by atoms with van der Waals surface area (Å²) < 4.78 is 5.88. The van der Waals surface area contributed by atoms with E-state index in [2.05, 4.69) is 50.4 Å². The second-order valence-corrected chi connectivity index (χ2v) is 16.9. The van der Waals surface area contributed by atoms with Gasteiger partial charge in [0, 0.05) is 6.42 Å². The lowest BCUT2D eigenvalue weighted by molar-refractivity contribution is -0.151. The first-order chi connectivity index (χ1) is 28.5. The molecule has 0 aromatic heterocycles. The van der Waals surface area contributed by atoms with Crippen LogP contribution < -0.4 is 5.32 Å². The fraction of sp³-hybridized carbons (Fsp3) is 0.808. The highest BCUT2D eigenvalue weighted by molar-refractivity contribution is 5.77. The van der Waals surface area contributed by atoms with Gasteiger partial charge < -0.3 is 20.3 Å². The number of hydrogen-bond donors (Lipinski definition) is 3. The van der Waals surface area contributed by atoms with Crippen LogP contribution in [0.5, 0.6) is 0 Å². The summed E-state index contributed by atoms with van der Waals surface area (Å²) in [6.45, 7) is 6.32. The fourth-order valence-electron chi connectivity index (χ4n) is 7.50. The third-order valence-corrected chi connectivity index (χ3v) is 11.3. The second-order valence-electron chi connectivity index (χ2n) is 16.9. The van der Waals surface area contributed by atoms with Crippen molar-refractivity contribution in [3.63, 3.8) is 0 Å². The highest BCUT2D eigenvalue weighted by atomic mass is 16.5. The third-order valence-electron chi connectivity index (χ3n) is 11.3. The number of nitrogens with one attached hydrogen (secondary N) is 1. The van der Waals surface area contributed by atoms with Gasteiger partial charge >= 0.3 is 5.97 Å². The first-order valence-electron chi connectivity index (χ1n) is 24.9. The van der Waals surface area contributed by atoms with Crippen LogP contribution in [-0.2, 0) is 14.3 Å². The summed E-state index contributed by atoms with van der Waals surface area (Å²) in [6, 6.07) is -0.712. The van der Waals surface area contributed by atoms with Gasteiger partial charge in [-0.3, -0.25) is 9.59 Å². The van der Waals surface area contributed by atoms with Crippen molar-refractivity contribution in [3.8, 4) is 0 Å². The summed E-state index contributed by atoms with van der Waals surface area (Å²) in [5.74, 6) is -0.511. The Labute approximate surface area is 359 Å². The molecule has 58 heavy (non-hydrogen) atoms. The molecule has 0 fully saturated rings. The molecule has 338 valence electrons. The van der Waals surface area contributed by atoms with Crippen LogP contribution in [0.4, 0.5) is 0 Å². The molecule has 0 aliphatic rings. The molecule has 0 rings (SSSR count). The van der Waals surface area contributed by atoms with E-state index >= 15 is 0 Å². The van der Waals surface area contributed by atoms with E-state index in [9.17, 15) is 19.8 Å². The number of aliphatic hydroxyl groups is 2. The topological polar surface area (TPSA) is 95.9 Å². The highest BCUT2D eigenvalue weighted by Gasteiger charge is 2.24. The summed E-state index contributed by atoms with van der Waals surface area (Å²) >= 11 is 0. The molecule has 6 heteroatoms. The first kappa shape index (κ1) is 55.8. The molecule has 0 radical (unpaired) electrons. The predicted octanol–water partition coefficient (Wildman–Crippen LogP) is 14.7. The van der Waals surface area contributed by atoms with E-state index in [1.54, 1.807) is 0 Å². The molecular formula is C52H95NO5. The fourth-order valence-corrected chi connectivity index (χ4v) is 7.50. The molecule has 3 unspecified atom stereocenters. The van der Waals surface area contributed by atoms with Crippen LogP contribution in [0.1, 0.15) is 245 Å². The minimum Gasteiger partial charge on any atom is -0.462 e. The predicted molar refractivity (Wildman–Crippen MR) is 250 cm³/mol. The van der Waals surface area contributed by atoms with Gasteiger partial charge in [0.2, 0.25) is 5.91 Å². The molecule has 0 saturated heterocycles. The van der Waals surface area contributed by atoms with Crippen LogP contribution in [0.2, 0.25) is 0 Å². The molecule has 1 amide bonds. The number of hydrogen-bond acceptors (Lipinski definition) is 5. The standard InChI is InChI=1S/C52H95NO5/c1-4-7-10-13-16-19-21-23-24-25-26-28-30-33-35-38-41-44-50(55)49(47-54)53-51(56)46-48(58-52(57)45-42-39-36-31-18-15-12-9-6-3)43-40-37-34-32-29-27-22-20-17-14-11-8-5-2/h8,11,14,17,20,22,27,29,48-50,54-55H,4-7,9-10,12-13,15-16,18-19,21,23-26,28,30-47H2,1-3H3,(H,53,56)/b11-8+,17-14+,22-20+,29-27-. The number of carbonyl (C=O) groups is 2. The molecule has 0 heterocycles. The van der Waals surface area contributed by atoms with Crippen molar-refractivity contribution in [2.45, 2.75) is 264 Å². The molecule has 6 nitrogen and oxygen atoms in total. The number of allylic oxidation sites excluding steroid dienone is 8. The number of carbonyl (C=O) groups excluding carboxylic acids is 2. The number of aliphatic hydroxyl groups excluding tert-OH is 2. The molecule has 0 aliphatic carbocycles. The zero-order valence-corrected chi connectivity index (χ0v) is 38.4. The van der Waals surface area contributed by atoms with Gasteiger partial charge in [-0.25, -0.2) is 0 Å². The molecule has 0 aliphatic heterocycles. The SMILES string of the molecule is CC/C=C/C=C/C=C/C=C\CCCCCC(CC(=O)NC(CO)C(O)CCCCCCCCCCCCCCCCCCC)OC(=O)CCCCCCCCCCC. The van der Waals surface area contributed by atoms with E-state index in [-0.39, 0.29) is 24.9 Å². The summed E-state index contributed by atoms with van der Waals surface area (Å²) in [6.07, 6.45) is 54.6. The van der Waals surface area contributed by atoms with Gasteiger partial charge in [-0.1, -0.05) is 236 Å². The van der Waals surface area contributed by atoms with Gasteiger partial charge in [-0.05, 0) is 44.9 Å². The van der Waals surface area contributed by atoms with E-state index in [4.69, 9.17) is 4.74 Å². The lowest BCUT2D eigenvalue weighted by atomic mass is 10.0. The van der Waals surface area contributed by atoms with Gasteiger partial charge in [0.05, 0.1) is 25.2 Å². The van der Waals surface area contributed by atoms with Gasteiger partial charge in [0.15, 0.2) is 0 Å². The zero-order valence-electron chi connectivity index (χ0n) is 38.4. The molecule has 0 spiro atoms. The van der Waals surface area contributed by atoms with Gasteiger partial charge in [0.1, 0.15) is 6.10 Å². The lowest BCUT2D eigenvalue weighted by Gasteiger charge is -2.24. The molecule has 0 aromatic rings. The van der Waals surface area contributed by atoms with Crippen molar-refractivity contribution < 1.29 is 24.5 Å². The average molecular weight is 814 g/mol. The Kier molecular flexibility index (Phi) is 44.2. The Morgan fingerprint density at radius 3 is 1.41 bits per heavy atom. The molecule has 0 bridgehead atoms. The van der Waals surface area contributed by atoms with E-state index in [1.807, 2.05) is 24.3 Å². The monoisotopic (exact) mass is 814 g/mol. The van der Waals surface area contributed by atoms with E-state index < -0.39 is 18.2 Å². The van der Waals surface area contributed by atoms with Gasteiger partial charge in [-0.2, -0.15) is 0 Å². The van der Waals surface area contributed by atoms with Crippen LogP contribution in [0.3, 0.4) is 0 Å². The Balaban J connectivity index is 4.52. The maximum atomic E-state index is 13.2. The highest BCUT2D eigenvalue weighted by Crippen LogP contribution is 2.18. The van der Waals surface area contributed by atoms with Crippen molar-refractivity contribution in [3.05, 3.63) is 48.6 Å². The van der Waals surface area contributed by atoms with Gasteiger partial charge in [-0.15, -0.1) is 0 Å². The largest absolute Gasteiger partial charge is 0.462 e. The summed E-state index contributed by atoms with van der Waals surface area (Å²) in [4.78, 5) is 26.0. The molecule has 3 atom stereocenters. The Bertz CT molecular complexity index is 1000. The van der Waals surface area contributed by atoms with Crippen LogP contribution in [0.25, 0.3) is 0 Å². The number of rotatable bonds is 44. The summed E-state index contributed by atoms with van der Waals surface area (Å²) in [5, 5.41) is 23.7. The van der Waals surface area contributed by atoms with Crippen molar-refractivity contribution in [1.82, 2.24) is 5.32 Å². The normalized spacial score (nSPS) is 13.7. The number of amides is 1. The van der Waals surface area contributed by atoms with Crippen LogP contribution >= 0.6 is 0 Å². The van der Waals surface area contributed by atoms with Crippen LogP contribution in [0.15, 0.2) is 48.6 Å². The number of unbranched alkanes of at least 4 members (excludes halogenated alkanes) is 27. The number of esters is 1.